The van der Waals surface area contributed by atoms with Gasteiger partial charge in [0.25, 0.3) is 0 Å². The van der Waals surface area contributed by atoms with Crippen LogP contribution in [0.15, 0.2) is 22.8 Å². The van der Waals surface area contributed by atoms with Crippen molar-refractivity contribution in [1.82, 2.24) is 5.32 Å². The molecule has 6 nitrogen and oxygen atoms in total. The first-order valence-corrected chi connectivity index (χ1v) is 5.08. The van der Waals surface area contributed by atoms with Gasteiger partial charge in [0.15, 0.2) is 6.04 Å². The molecule has 1 N–H and O–H groups in total. The number of hydrogen-bond acceptors (Lipinski definition) is 5. The highest BCUT2D eigenvalue weighted by molar-refractivity contribution is 5.83. The van der Waals surface area contributed by atoms with Gasteiger partial charge in [0.05, 0.1) is 20.0 Å². The molecular weight excluding hydrogens is 226 g/mol. The zero-order chi connectivity index (χ0) is 12.7. The Morgan fingerprint density at radius 1 is 1.53 bits per heavy atom. The van der Waals surface area contributed by atoms with E-state index >= 15 is 0 Å². The fourth-order valence-corrected chi connectivity index (χ4v) is 1.23. The minimum Gasteiger partial charge on any atom is -0.467 e. The zero-order valence-corrected chi connectivity index (χ0v) is 9.76. The Morgan fingerprint density at radius 2 is 2.29 bits per heavy atom. The molecule has 6 heteroatoms. The Bertz CT molecular complexity index is 360. The fraction of sp³-hybridized carbons (Fsp3) is 0.455. The van der Waals surface area contributed by atoms with Crippen LogP contribution in [0.2, 0.25) is 0 Å². The second kappa shape index (κ2) is 6.70. The van der Waals surface area contributed by atoms with E-state index in [0.717, 1.165) is 0 Å². The predicted molar refractivity (Wildman–Crippen MR) is 58.0 cm³/mol. The minimum atomic E-state index is -0.799. The van der Waals surface area contributed by atoms with Crippen LogP contribution in [0, 0.1) is 0 Å². The summed E-state index contributed by atoms with van der Waals surface area (Å²) in [4.78, 5) is 22.2. The molecule has 17 heavy (non-hydrogen) atoms. The highest BCUT2D eigenvalue weighted by Gasteiger charge is 2.20. The normalized spacial score (nSPS) is 11.9. The van der Waals surface area contributed by atoms with Crippen LogP contribution in [-0.4, -0.2) is 31.6 Å². The predicted octanol–water partition coefficient (Wildman–Crippen LogP) is 0.474. The molecular formula is C11H15NO5. The Kier molecular flexibility index (Phi) is 5.22. The first-order valence-electron chi connectivity index (χ1n) is 5.08. The monoisotopic (exact) mass is 241 g/mol. The highest BCUT2D eigenvalue weighted by atomic mass is 16.5. The molecule has 1 heterocycles. The van der Waals surface area contributed by atoms with Crippen molar-refractivity contribution in [2.45, 2.75) is 19.6 Å². The number of carbonyl (C=O) groups is 2. The summed E-state index contributed by atoms with van der Waals surface area (Å²) < 4.78 is 14.9. The van der Waals surface area contributed by atoms with Crippen LogP contribution < -0.4 is 5.32 Å². The lowest BCUT2D eigenvalue weighted by atomic mass is 10.3. The topological polar surface area (TPSA) is 77.8 Å². The largest absolute Gasteiger partial charge is 0.467 e. The van der Waals surface area contributed by atoms with E-state index in [-0.39, 0.29) is 19.1 Å². The molecule has 0 saturated carbocycles. The van der Waals surface area contributed by atoms with Gasteiger partial charge in [-0.3, -0.25) is 4.79 Å². The minimum absolute atomic E-state index is 0.0347. The lowest BCUT2D eigenvalue weighted by molar-refractivity contribution is -0.146. The first-order chi connectivity index (χ1) is 8.13. The lowest BCUT2D eigenvalue weighted by Crippen LogP contribution is -2.43. The van der Waals surface area contributed by atoms with Crippen LogP contribution in [-0.2, 0) is 25.7 Å². The van der Waals surface area contributed by atoms with Gasteiger partial charge in [0.2, 0.25) is 5.91 Å². The summed E-state index contributed by atoms with van der Waals surface area (Å²) in [6.07, 6.45) is 1.53. The van der Waals surface area contributed by atoms with Gasteiger partial charge in [-0.25, -0.2) is 4.79 Å². The quantitative estimate of drug-likeness (QED) is 0.733. The van der Waals surface area contributed by atoms with Crippen molar-refractivity contribution >= 4 is 11.9 Å². The van der Waals surface area contributed by atoms with Crippen LogP contribution >= 0.6 is 0 Å². The number of hydrogen-bond donors (Lipinski definition) is 1. The molecule has 0 aromatic carbocycles. The lowest BCUT2D eigenvalue weighted by Gasteiger charge is -2.14. The smallest absolute Gasteiger partial charge is 0.330 e. The summed E-state index contributed by atoms with van der Waals surface area (Å²) >= 11 is 0. The second-order valence-corrected chi connectivity index (χ2v) is 3.37. The van der Waals surface area contributed by atoms with Gasteiger partial charge in [-0.2, -0.15) is 0 Å². The van der Waals surface area contributed by atoms with Crippen molar-refractivity contribution < 1.29 is 23.5 Å². The SMILES string of the molecule is COC(=O)C(COCc1ccco1)NC(C)=O. The summed E-state index contributed by atoms with van der Waals surface area (Å²) in [5.74, 6) is -0.210. The number of amides is 1. The van der Waals surface area contributed by atoms with E-state index in [1.807, 2.05) is 0 Å². The van der Waals surface area contributed by atoms with Crippen molar-refractivity contribution in [2.24, 2.45) is 0 Å². The Balaban J connectivity index is 2.38. The van der Waals surface area contributed by atoms with Gasteiger partial charge in [-0.15, -0.1) is 0 Å². The molecule has 1 amide bonds. The third-order valence-corrected chi connectivity index (χ3v) is 1.97. The average Bonchev–Trinajstić information content (AvgIpc) is 2.79. The number of furan rings is 1. The van der Waals surface area contributed by atoms with Crippen LogP contribution in [0.1, 0.15) is 12.7 Å². The van der Waals surface area contributed by atoms with Gasteiger partial charge in [-0.1, -0.05) is 0 Å². The van der Waals surface area contributed by atoms with Gasteiger partial charge < -0.3 is 19.2 Å². The van der Waals surface area contributed by atoms with Crippen LogP contribution in [0.5, 0.6) is 0 Å². The third kappa shape index (κ3) is 4.69. The molecule has 0 fully saturated rings. The maximum Gasteiger partial charge on any atom is 0.330 e. The van der Waals surface area contributed by atoms with Gasteiger partial charge in [-0.05, 0) is 12.1 Å². The Hall–Kier alpha value is -1.82. The molecule has 1 unspecified atom stereocenters. The molecule has 0 spiro atoms. The Labute approximate surface area is 98.9 Å². The van der Waals surface area contributed by atoms with Gasteiger partial charge >= 0.3 is 5.97 Å². The number of methoxy groups -OCH3 is 1. The summed E-state index contributed by atoms with van der Waals surface area (Å²) in [6.45, 7) is 1.59. The summed E-state index contributed by atoms with van der Waals surface area (Å²) in [7, 11) is 1.25. The first kappa shape index (κ1) is 13.2. The number of ether oxygens (including phenoxy) is 2. The van der Waals surface area contributed by atoms with Crippen LogP contribution in [0.25, 0.3) is 0 Å². The number of rotatable bonds is 6. The Morgan fingerprint density at radius 3 is 2.82 bits per heavy atom. The molecule has 0 bridgehead atoms. The zero-order valence-electron chi connectivity index (χ0n) is 9.76. The molecule has 0 radical (unpaired) electrons. The maximum atomic E-state index is 11.3. The number of nitrogens with one attached hydrogen (secondary N) is 1. The van der Waals surface area contributed by atoms with Crippen molar-refractivity contribution in [1.29, 1.82) is 0 Å². The van der Waals surface area contributed by atoms with Crippen molar-refractivity contribution in [2.75, 3.05) is 13.7 Å². The molecule has 0 aliphatic carbocycles. The molecule has 1 aromatic rings. The van der Waals surface area contributed by atoms with Crippen LogP contribution in [0.3, 0.4) is 0 Å². The van der Waals surface area contributed by atoms with E-state index in [4.69, 9.17) is 9.15 Å². The van der Waals surface area contributed by atoms with E-state index in [1.54, 1.807) is 12.1 Å². The van der Waals surface area contributed by atoms with Crippen molar-refractivity contribution in [3.8, 4) is 0 Å². The molecule has 1 rings (SSSR count). The summed E-state index contributed by atoms with van der Waals surface area (Å²) in [6, 6.07) is 2.70. The third-order valence-electron chi connectivity index (χ3n) is 1.97. The fourth-order valence-electron chi connectivity index (χ4n) is 1.23. The molecule has 0 aliphatic heterocycles. The van der Waals surface area contributed by atoms with Crippen molar-refractivity contribution in [3.63, 3.8) is 0 Å². The second-order valence-electron chi connectivity index (χ2n) is 3.37. The highest BCUT2D eigenvalue weighted by Crippen LogP contribution is 2.02. The summed E-state index contributed by atoms with van der Waals surface area (Å²) in [5, 5.41) is 2.44. The summed E-state index contributed by atoms with van der Waals surface area (Å²) in [5.41, 5.74) is 0. The molecule has 1 atom stereocenters. The molecule has 0 aliphatic rings. The molecule has 94 valence electrons. The van der Waals surface area contributed by atoms with E-state index < -0.39 is 12.0 Å². The van der Waals surface area contributed by atoms with E-state index in [9.17, 15) is 9.59 Å². The van der Waals surface area contributed by atoms with E-state index in [0.29, 0.717) is 5.76 Å². The number of esters is 1. The molecule has 0 saturated heterocycles. The van der Waals surface area contributed by atoms with Gasteiger partial charge in [0, 0.05) is 6.92 Å². The van der Waals surface area contributed by atoms with Crippen molar-refractivity contribution in [3.05, 3.63) is 24.2 Å². The van der Waals surface area contributed by atoms with E-state index in [1.165, 1.54) is 20.3 Å². The standard InChI is InChI=1S/C11H15NO5/c1-8(13)12-10(11(14)15-2)7-16-6-9-4-3-5-17-9/h3-5,10H,6-7H2,1-2H3,(H,12,13). The van der Waals surface area contributed by atoms with Crippen LogP contribution in [0.4, 0.5) is 0 Å². The maximum absolute atomic E-state index is 11.3. The average molecular weight is 241 g/mol. The molecule has 1 aromatic heterocycles. The van der Waals surface area contributed by atoms with Gasteiger partial charge in [0.1, 0.15) is 12.4 Å². The number of carbonyl (C=O) groups excluding carboxylic acids is 2. The van der Waals surface area contributed by atoms with E-state index in [2.05, 4.69) is 10.1 Å².